The molecule has 24 heavy (non-hydrogen) atoms. The van der Waals surface area contributed by atoms with Crippen LogP contribution in [-0.4, -0.2) is 36.9 Å². The molecule has 0 spiro atoms. The Labute approximate surface area is 145 Å². The zero-order valence-electron chi connectivity index (χ0n) is 13.5. The van der Waals surface area contributed by atoms with E-state index in [1.165, 1.54) is 4.88 Å². The molecule has 1 atom stereocenters. The molecule has 5 nitrogen and oxygen atoms in total. The minimum absolute atomic E-state index is 0.00118. The molecule has 2 amide bonds. The van der Waals surface area contributed by atoms with E-state index in [1.807, 2.05) is 16.3 Å². The molecule has 0 saturated carbocycles. The number of nitrogens with one attached hydrogen (secondary N) is 1. The number of carbonyl (C=O) groups is 2. The van der Waals surface area contributed by atoms with Gasteiger partial charge in [0.2, 0.25) is 0 Å². The Bertz CT molecular complexity index is 698. The molecular weight excluding hydrogens is 324 g/mol. The molecule has 6 heteroatoms. The minimum Gasteiger partial charge on any atom is -0.484 e. The number of carbonyl (C=O) groups excluding carboxylic acids is 2. The zero-order valence-corrected chi connectivity index (χ0v) is 14.3. The lowest BCUT2D eigenvalue weighted by Crippen LogP contribution is -2.34. The maximum Gasteiger partial charge on any atom is 0.261 e. The largest absolute Gasteiger partial charge is 0.484 e. The van der Waals surface area contributed by atoms with Gasteiger partial charge in [-0.1, -0.05) is 6.07 Å². The summed E-state index contributed by atoms with van der Waals surface area (Å²) in [6.45, 7) is 0.793. The summed E-state index contributed by atoms with van der Waals surface area (Å²) in [6, 6.07) is 11.1. The summed E-state index contributed by atoms with van der Waals surface area (Å²) in [4.78, 5) is 27.1. The van der Waals surface area contributed by atoms with Gasteiger partial charge in [0.1, 0.15) is 5.75 Å². The Balaban J connectivity index is 1.58. The molecule has 126 valence electrons. The number of rotatable bonds is 5. The average Bonchev–Trinajstić information content (AvgIpc) is 3.30. The van der Waals surface area contributed by atoms with Gasteiger partial charge in [-0.25, -0.2) is 0 Å². The molecular formula is C18H20N2O3S. The zero-order chi connectivity index (χ0) is 16.9. The monoisotopic (exact) mass is 344 g/mol. The Morgan fingerprint density at radius 1 is 1.29 bits per heavy atom. The molecule has 1 aliphatic rings. The summed E-state index contributed by atoms with van der Waals surface area (Å²) in [7, 11) is 1.59. The van der Waals surface area contributed by atoms with Gasteiger partial charge in [0.25, 0.3) is 11.8 Å². The van der Waals surface area contributed by atoms with Crippen LogP contribution in [0.4, 0.5) is 0 Å². The molecule has 2 heterocycles. The summed E-state index contributed by atoms with van der Waals surface area (Å²) in [5, 5.41) is 4.61. The van der Waals surface area contributed by atoms with Crippen molar-refractivity contribution in [2.45, 2.75) is 18.9 Å². The van der Waals surface area contributed by atoms with Crippen LogP contribution in [0, 0.1) is 0 Å². The molecule has 0 aliphatic carbocycles. The van der Waals surface area contributed by atoms with Crippen LogP contribution in [0.3, 0.4) is 0 Å². The molecule has 1 aromatic carbocycles. The first-order valence-corrected chi connectivity index (χ1v) is 8.85. The van der Waals surface area contributed by atoms with Crippen LogP contribution in [0.25, 0.3) is 0 Å². The maximum atomic E-state index is 12.5. The minimum atomic E-state index is -0.145. The maximum absolute atomic E-state index is 12.5. The van der Waals surface area contributed by atoms with Crippen molar-refractivity contribution in [3.63, 3.8) is 0 Å². The highest BCUT2D eigenvalue weighted by atomic mass is 32.1. The first-order valence-electron chi connectivity index (χ1n) is 7.97. The van der Waals surface area contributed by atoms with Gasteiger partial charge in [0.15, 0.2) is 6.61 Å². The van der Waals surface area contributed by atoms with Crippen molar-refractivity contribution in [1.29, 1.82) is 0 Å². The molecule has 1 fully saturated rings. The van der Waals surface area contributed by atoms with Crippen LogP contribution < -0.4 is 10.1 Å². The fraction of sp³-hybridized carbons (Fsp3) is 0.333. The van der Waals surface area contributed by atoms with Gasteiger partial charge in [0, 0.05) is 24.0 Å². The third kappa shape index (κ3) is 3.59. The van der Waals surface area contributed by atoms with Crippen LogP contribution in [0.2, 0.25) is 0 Å². The normalized spacial score (nSPS) is 16.9. The fourth-order valence-corrected chi connectivity index (χ4v) is 3.79. The van der Waals surface area contributed by atoms with Crippen molar-refractivity contribution in [2.24, 2.45) is 0 Å². The number of likely N-dealkylation sites (tertiary alicyclic amines) is 1. The predicted octanol–water partition coefficient (Wildman–Crippen LogP) is 2.85. The third-order valence-electron chi connectivity index (χ3n) is 4.15. The third-order valence-corrected chi connectivity index (χ3v) is 5.12. The molecule has 1 aliphatic heterocycles. The van der Waals surface area contributed by atoms with Gasteiger partial charge in [-0.3, -0.25) is 9.59 Å². The average molecular weight is 344 g/mol. The lowest BCUT2D eigenvalue weighted by molar-refractivity contribution is -0.134. The topological polar surface area (TPSA) is 58.6 Å². The Morgan fingerprint density at radius 3 is 2.75 bits per heavy atom. The molecule has 1 saturated heterocycles. The summed E-state index contributed by atoms with van der Waals surface area (Å²) >= 11 is 1.69. The molecule has 1 N–H and O–H groups in total. The second kappa shape index (κ2) is 7.49. The van der Waals surface area contributed by atoms with Crippen LogP contribution in [-0.2, 0) is 4.79 Å². The van der Waals surface area contributed by atoms with E-state index in [9.17, 15) is 9.59 Å². The van der Waals surface area contributed by atoms with E-state index in [-0.39, 0.29) is 24.5 Å². The van der Waals surface area contributed by atoms with Crippen LogP contribution in [0.1, 0.15) is 34.1 Å². The van der Waals surface area contributed by atoms with Crippen molar-refractivity contribution in [2.75, 3.05) is 20.2 Å². The van der Waals surface area contributed by atoms with Gasteiger partial charge < -0.3 is 15.0 Å². The van der Waals surface area contributed by atoms with Gasteiger partial charge in [0.05, 0.1) is 6.04 Å². The summed E-state index contributed by atoms with van der Waals surface area (Å²) < 4.78 is 5.59. The highest BCUT2D eigenvalue weighted by Gasteiger charge is 2.30. The molecule has 2 aromatic rings. The van der Waals surface area contributed by atoms with Crippen molar-refractivity contribution in [1.82, 2.24) is 10.2 Å². The number of nitrogens with zero attached hydrogens (tertiary/aromatic N) is 1. The molecule has 0 bridgehead atoms. The second-order valence-electron chi connectivity index (χ2n) is 5.65. The smallest absolute Gasteiger partial charge is 0.261 e. The SMILES string of the molecule is CNC(=O)c1ccc(OCC(=O)N2CCCC2c2cccs2)cc1. The van der Waals surface area contributed by atoms with Gasteiger partial charge in [-0.05, 0) is 48.6 Å². The van der Waals surface area contributed by atoms with Gasteiger partial charge >= 0.3 is 0 Å². The first kappa shape index (κ1) is 16.5. The second-order valence-corrected chi connectivity index (χ2v) is 6.63. The summed E-state index contributed by atoms with van der Waals surface area (Å²) in [6.07, 6.45) is 2.03. The standard InChI is InChI=1S/C18H20N2O3S/c1-19-18(22)13-6-8-14(9-7-13)23-12-17(21)20-10-2-4-15(20)16-5-3-11-24-16/h3,5-9,11,15H,2,4,10,12H2,1H3,(H,19,22). The number of amides is 2. The van der Waals surface area contributed by atoms with Crippen molar-refractivity contribution in [3.05, 3.63) is 52.2 Å². The Hall–Kier alpha value is -2.34. The van der Waals surface area contributed by atoms with Gasteiger partial charge in [-0.2, -0.15) is 0 Å². The van der Waals surface area contributed by atoms with E-state index in [1.54, 1.807) is 42.6 Å². The van der Waals surface area contributed by atoms with Crippen molar-refractivity contribution in [3.8, 4) is 5.75 Å². The fourth-order valence-electron chi connectivity index (χ4n) is 2.92. The Kier molecular flexibility index (Phi) is 5.15. The van der Waals surface area contributed by atoms with E-state index >= 15 is 0 Å². The number of hydrogen-bond acceptors (Lipinski definition) is 4. The summed E-state index contributed by atoms with van der Waals surface area (Å²) in [5.41, 5.74) is 0.563. The Morgan fingerprint density at radius 2 is 2.08 bits per heavy atom. The lowest BCUT2D eigenvalue weighted by atomic mass is 10.2. The van der Waals surface area contributed by atoms with E-state index in [2.05, 4.69) is 11.4 Å². The van der Waals surface area contributed by atoms with E-state index in [4.69, 9.17) is 4.74 Å². The van der Waals surface area contributed by atoms with Gasteiger partial charge in [-0.15, -0.1) is 11.3 Å². The van der Waals surface area contributed by atoms with Crippen LogP contribution >= 0.6 is 11.3 Å². The highest BCUT2D eigenvalue weighted by Crippen LogP contribution is 2.34. The van der Waals surface area contributed by atoms with Crippen molar-refractivity contribution < 1.29 is 14.3 Å². The quantitative estimate of drug-likeness (QED) is 0.907. The first-order chi connectivity index (χ1) is 11.7. The predicted molar refractivity (Wildman–Crippen MR) is 93.3 cm³/mol. The number of benzene rings is 1. The molecule has 1 unspecified atom stereocenters. The number of ether oxygens (including phenoxy) is 1. The molecule has 1 aromatic heterocycles. The van der Waals surface area contributed by atoms with E-state index in [0.29, 0.717) is 11.3 Å². The summed E-state index contributed by atoms with van der Waals surface area (Å²) in [5.74, 6) is 0.442. The van der Waals surface area contributed by atoms with E-state index in [0.717, 1.165) is 19.4 Å². The highest BCUT2D eigenvalue weighted by molar-refractivity contribution is 7.10. The van der Waals surface area contributed by atoms with Crippen molar-refractivity contribution >= 4 is 23.2 Å². The van der Waals surface area contributed by atoms with E-state index < -0.39 is 0 Å². The van der Waals surface area contributed by atoms with Crippen LogP contribution in [0.15, 0.2) is 41.8 Å². The molecule has 0 radical (unpaired) electrons. The number of thiophene rings is 1. The lowest BCUT2D eigenvalue weighted by Gasteiger charge is -2.24. The number of hydrogen-bond donors (Lipinski definition) is 1. The molecule has 3 rings (SSSR count). The van der Waals surface area contributed by atoms with Crippen LogP contribution in [0.5, 0.6) is 5.75 Å².